The molecule has 1 aliphatic rings. The fraction of sp³-hybridized carbons (Fsp3) is 1.00. The van der Waals surface area contributed by atoms with Gasteiger partial charge in [0.1, 0.15) is 0 Å². The second kappa shape index (κ2) is 4.73. The van der Waals surface area contributed by atoms with Gasteiger partial charge in [-0.25, -0.2) is 0 Å². The van der Waals surface area contributed by atoms with Crippen LogP contribution in [0.4, 0.5) is 0 Å². The van der Waals surface area contributed by atoms with E-state index in [1.165, 1.54) is 12.8 Å². The fourth-order valence-corrected chi connectivity index (χ4v) is 1.23. The summed E-state index contributed by atoms with van der Waals surface area (Å²) in [6.07, 6.45) is 2.74. The first-order valence-corrected chi connectivity index (χ1v) is 4.54. The summed E-state index contributed by atoms with van der Waals surface area (Å²) < 4.78 is 10.9. The Balaban J connectivity index is 2.05. The summed E-state index contributed by atoms with van der Waals surface area (Å²) in [5.41, 5.74) is 0. The summed E-state index contributed by atoms with van der Waals surface area (Å²) in [4.78, 5) is 0. The highest BCUT2D eigenvalue weighted by Gasteiger charge is 2.24. The summed E-state index contributed by atoms with van der Waals surface area (Å²) in [7, 11) is 0. The summed E-state index contributed by atoms with van der Waals surface area (Å²) >= 11 is 0. The van der Waals surface area contributed by atoms with Crippen LogP contribution in [0.15, 0.2) is 0 Å². The summed E-state index contributed by atoms with van der Waals surface area (Å²) in [6, 6.07) is 0. The normalized spacial score (nSPS) is 31.1. The Bertz CT molecular complexity index is 104. The van der Waals surface area contributed by atoms with Crippen molar-refractivity contribution in [2.24, 2.45) is 5.92 Å². The number of ether oxygens (including phenoxy) is 2. The molecule has 1 aliphatic heterocycles. The van der Waals surface area contributed by atoms with Gasteiger partial charge in [0.05, 0.1) is 19.3 Å². The van der Waals surface area contributed by atoms with E-state index in [1.807, 2.05) is 0 Å². The van der Waals surface area contributed by atoms with Crippen molar-refractivity contribution in [1.82, 2.24) is 0 Å². The highest BCUT2D eigenvalue weighted by atomic mass is 16.5. The lowest BCUT2D eigenvalue weighted by atomic mass is 10.1. The van der Waals surface area contributed by atoms with E-state index < -0.39 is 0 Å². The Morgan fingerprint density at radius 2 is 2.27 bits per heavy atom. The standard InChI is InChI=1S/C9H18O2/c1-3-4-5-11-9-7-10-6-8(9)2/h8-9H,3-7H2,1-2H3. The van der Waals surface area contributed by atoms with Crippen LogP contribution in [0.2, 0.25) is 0 Å². The molecule has 1 rings (SSSR count). The lowest BCUT2D eigenvalue weighted by Crippen LogP contribution is -2.20. The minimum Gasteiger partial charge on any atom is -0.378 e. The molecule has 0 bridgehead atoms. The lowest BCUT2D eigenvalue weighted by molar-refractivity contribution is 0.0275. The molecular formula is C9H18O2. The first-order valence-electron chi connectivity index (χ1n) is 4.54. The van der Waals surface area contributed by atoms with E-state index in [4.69, 9.17) is 9.47 Å². The Hall–Kier alpha value is -0.0800. The molecule has 0 N–H and O–H groups in total. The van der Waals surface area contributed by atoms with E-state index in [0.29, 0.717) is 12.0 Å². The van der Waals surface area contributed by atoms with E-state index in [-0.39, 0.29) is 0 Å². The molecule has 1 fully saturated rings. The van der Waals surface area contributed by atoms with Crippen molar-refractivity contribution < 1.29 is 9.47 Å². The molecule has 2 nitrogen and oxygen atoms in total. The van der Waals surface area contributed by atoms with Crippen LogP contribution in [0.25, 0.3) is 0 Å². The third kappa shape index (κ3) is 2.80. The average Bonchev–Trinajstić information content (AvgIpc) is 2.37. The van der Waals surface area contributed by atoms with Crippen LogP contribution >= 0.6 is 0 Å². The molecule has 0 saturated carbocycles. The Kier molecular flexibility index (Phi) is 3.87. The van der Waals surface area contributed by atoms with Gasteiger partial charge in [0.2, 0.25) is 0 Å². The summed E-state index contributed by atoms with van der Waals surface area (Å²) in [5.74, 6) is 0.590. The zero-order valence-corrected chi connectivity index (χ0v) is 7.51. The molecule has 0 radical (unpaired) electrons. The predicted molar refractivity (Wildman–Crippen MR) is 44.6 cm³/mol. The maximum absolute atomic E-state index is 5.63. The van der Waals surface area contributed by atoms with Crippen LogP contribution in [0.3, 0.4) is 0 Å². The number of rotatable bonds is 4. The van der Waals surface area contributed by atoms with Gasteiger partial charge in [-0.3, -0.25) is 0 Å². The van der Waals surface area contributed by atoms with Gasteiger partial charge in [0.25, 0.3) is 0 Å². The molecule has 2 heteroatoms. The Labute approximate surface area is 68.9 Å². The molecule has 11 heavy (non-hydrogen) atoms. The van der Waals surface area contributed by atoms with Crippen LogP contribution in [-0.2, 0) is 9.47 Å². The number of unbranched alkanes of at least 4 members (excludes halogenated alkanes) is 1. The molecule has 0 amide bonds. The van der Waals surface area contributed by atoms with Crippen molar-refractivity contribution in [2.75, 3.05) is 19.8 Å². The number of hydrogen-bond acceptors (Lipinski definition) is 2. The maximum atomic E-state index is 5.63. The SMILES string of the molecule is CCCCOC1COCC1C. The third-order valence-electron chi connectivity index (χ3n) is 2.13. The Morgan fingerprint density at radius 1 is 1.45 bits per heavy atom. The monoisotopic (exact) mass is 158 g/mol. The van der Waals surface area contributed by atoms with Crippen molar-refractivity contribution >= 4 is 0 Å². The molecule has 66 valence electrons. The van der Waals surface area contributed by atoms with Gasteiger partial charge in [0, 0.05) is 12.5 Å². The van der Waals surface area contributed by atoms with Crippen molar-refractivity contribution in [3.8, 4) is 0 Å². The Morgan fingerprint density at radius 3 is 2.82 bits per heavy atom. The summed E-state index contributed by atoms with van der Waals surface area (Å²) in [5, 5.41) is 0. The van der Waals surface area contributed by atoms with Crippen LogP contribution in [0.5, 0.6) is 0 Å². The molecule has 2 atom stereocenters. The van der Waals surface area contributed by atoms with Gasteiger partial charge in [-0.05, 0) is 6.42 Å². The fourth-order valence-electron chi connectivity index (χ4n) is 1.23. The molecule has 0 aromatic heterocycles. The molecule has 2 unspecified atom stereocenters. The molecule has 0 aliphatic carbocycles. The molecule has 1 heterocycles. The van der Waals surface area contributed by atoms with Crippen LogP contribution in [0.1, 0.15) is 26.7 Å². The van der Waals surface area contributed by atoms with Crippen LogP contribution < -0.4 is 0 Å². The molecule has 0 spiro atoms. The number of hydrogen-bond donors (Lipinski definition) is 0. The zero-order valence-electron chi connectivity index (χ0n) is 7.51. The average molecular weight is 158 g/mol. The highest BCUT2D eigenvalue weighted by Crippen LogP contribution is 2.16. The summed E-state index contributed by atoms with van der Waals surface area (Å²) in [6.45, 7) is 6.93. The van der Waals surface area contributed by atoms with Gasteiger partial charge >= 0.3 is 0 Å². The topological polar surface area (TPSA) is 18.5 Å². The van der Waals surface area contributed by atoms with Crippen molar-refractivity contribution in [2.45, 2.75) is 32.8 Å². The first kappa shape index (κ1) is 9.01. The van der Waals surface area contributed by atoms with Crippen molar-refractivity contribution in [3.05, 3.63) is 0 Å². The van der Waals surface area contributed by atoms with E-state index in [9.17, 15) is 0 Å². The highest BCUT2D eigenvalue weighted by molar-refractivity contribution is 4.71. The van der Waals surface area contributed by atoms with E-state index in [0.717, 1.165) is 19.8 Å². The van der Waals surface area contributed by atoms with Gasteiger partial charge in [-0.2, -0.15) is 0 Å². The maximum Gasteiger partial charge on any atom is 0.0855 e. The molecule has 1 saturated heterocycles. The van der Waals surface area contributed by atoms with E-state index >= 15 is 0 Å². The second-order valence-corrected chi connectivity index (χ2v) is 3.28. The predicted octanol–water partition coefficient (Wildman–Crippen LogP) is 1.84. The van der Waals surface area contributed by atoms with Crippen LogP contribution in [0, 0.1) is 5.92 Å². The van der Waals surface area contributed by atoms with Gasteiger partial charge in [0.15, 0.2) is 0 Å². The minimum atomic E-state index is 0.363. The molecular weight excluding hydrogens is 140 g/mol. The minimum absolute atomic E-state index is 0.363. The molecule has 0 aromatic carbocycles. The third-order valence-corrected chi connectivity index (χ3v) is 2.13. The van der Waals surface area contributed by atoms with Crippen molar-refractivity contribution in [3.63, 3.8) is 0 Å². The zero-order chi connectivity index (χ0) is 8.10. The smallest absolute Gasteiger partial charge is 0.0855 e. The van der Waals surface area contributed by atoms with Gasteiger partial charge < -0.3 is 9.47 Å². The van der Waals surface area contributed by atoms with Crippen LogP contribution in [-0.4, -0.2) is 25.9 Å². The van der Waals surface area contributed by atoms with Crippen molar-refractivity contribution in [1.29, 1.82) is 0 Å². The van der Waals surface area contributed by atoms with Gasteiger partial charge in [-0.15, -0.1) is 0 Å². The largest absolute Gasteiger partial charge is 0.378 e. The second-order valence-electron chi connectivity index (χ2n) is 3.28. The quantitative estimate of drug-likeness (QED) is 0.581. The van der Waals surface area contributed by atoms with E-state index in [1.54, 1.807) is 0 Å². The first-order chi connectivity index (χ1) is 5.34. The lowest BCUT2D eigenvalue weighted by Gasteiger charge is -2.13. The molecule has 0 aromatic rings. The van der Waals surface area contributed by atoms with E-state index in [2.05, 4.69) is 13.8 Å². The van der Waals surface area contributed by atoms with Gasteiger partial charge in [-0.1, -0.05) is 20.3 Å².